The van der Waals surface area contributed by atoms with Gasteiger partial charge in [-0.2, -0.15) is 0 Å². The van der Waals surface area contributed by atoms with Gasteiger partial charge in [0.15, 0.2) is 0 Å². The summed E-state index contributed by atoms with van der Waals surface area (Å²) in [5.74, 6) is 0.416. The summed E-state index contributed by atoms with van der Waals surface area (Å²) in [6.07, 6.45) is 6.70. The van der Waals surface area contributed by atoms with Crippen LogP contribution >= 0.6 is 11.6 Å². The highest BCUT2D eigenvalue weighted by molar-refractivity contribution is 6.21. The van der Waals surface area contributed by atoms with Gasteiger partial charge in [-0.1, -0.05) is 6.07 Å². The molecule has 106 valence electrons. The summed E-state index contributed by atoms with van der Waals surface area (Å²) in [4.78, 5) is 15.9. The van der Waals surface area contributed by atoms with Crippen LogP contribution in [-0.2, 0) is 9.53 Å². The van der Waals surface area contributed by atoms with Crippen LogP contribution in [0.25, 0.3) is 5.65 Å². The second-order valence-corrected chi connectivity index (χ2v) is 5.67. The third-order valence-electron chi connectivity index (χ3n) is 3.51. The molecule has 2 aromatic rings. The van der Waals surface area contributed by atoms with Gasteiger partial charge in [0.25, 0.3) is 0 Å². The zero-order chi connectivity index (χ0) is 14.1. The summed E-state index contributed by atoms with van der Waals surface area (Å²) >= 11 is 6.25. The highest BCUT2D eigenvalue weighted by atomic mass is 35.5. The molecular weight excluding hydrogens is 276 g/mol. The molecule has 2 heterocycles. The van der Waals surface area contributed by atoms with Gasteiger partial charge in [-0.05, 0) is 37.3 Å². The number of pyridine rings is 1. The van der Waals surface area contributed by atoms with Crippen molar-refractivity contribution in [2.75, 3.05) is 6.61 Å². The van der Waals surface area contributed by atoms with E-state index in [0.717, 1.165) is 5.65 Å². The van der Waals surface area contributed by atoms with E-state index in [9.17, 15) is 4.79 Å². The van der Waals surface area contributed by atoms with Gasteiger partial charge in [-0.15, -0.1) is 11.6 Å². The normalized spacial score (nSPS) is 16.3. The van der Waals surface area contributed by atoms with Crippen molar-refractivity contribution in [3.63, 3.8) is 0 Å². The van der Waals surface area contributed by atoms with E-state index >= 15 is 0 Å². The molecule has 0 amide bonds. The molecule has 0 saturated heterocycles. The predicted octanol–water partition coefficient (Wildman–Crippen LogP) is 3.44. The Balaban J connectivity index is 1.79. The molecule has 2 aromatic heterocycles. The monoisotopic (exact) mass is 292 g/mol. The lowest BCUT2D eigenvalue weighted by Gasteiger charge is -2.05. The molecule has 1 saturated carbocycles. The van der Waals surface area contributed by atoms with Gasteiger partial charge in [-0.3, -0.25) is 4.79 Å². The number of carbonyl (C=O) groups excluding carboxylic acids is 1. The molecule has 0 aliphatic heterocycles. The standard InChI is InChI=1S/C15H17ClN2O2/c1-2-20-15(19)7-12(16)13-9-18-8-11(10-3-4-10)5-6-14(18)17-13/h5-6,8-10,12H,2-4,7H2,1H3. The minimum atomic E-state index is -0.446. The molecule has 1 atom stereocenters. The first-order valence-electron chi connectivity index (χ1n) is 6.95. The average molecular weight is 293 g/mol. The van der Waals surface area contributed by atoms with Crippen LogP contribution in [0.4, 0.5) is 0 Å². The molecule has 1 aliphatic rings. The first-order chi connectivity index (χ1) is 9.67. The maximum atomic E-state index is 11.5. The van der Waals surface area contributed by atoms with Gasteiger partial charge in [0.05, 0.1) is 24.1 Å². The van der Waals surface area contributed by atoms with Crippen LogP contribution in [0.5, 0.6) is 0 Å². The number of ether oxygens (including phenoxy) is 1. The molecule has 0 N–H and O–H groups in total. The summed E-state index contributed by atoms with van der Waals surface area (Å²) in [5.41, 5.74) is 2.92. The summed E-state index contributed by atoms with van der Waals surface area (Å²) in [6.45, 7) is 2.16. The van der Waals surface area contributed by atoms with E-state index < -0.39 is 5.38 Å². The van der Waals surface area contributed by atoms with Gasteiger partial charge >= 0.3 is 5.97 Å². The minimum absolute atomic E-state index is 0.148. The van der Waals surface area contributed by atoms with Crippen molar-refractivity contribution in [2.24, 2.45) is 0 Å². The molecule has 0 radical (unpaired) electrons. The van der Waals surface area contributed by atoms with Crippen LogP contribution in [0, 0.1) is 0 Å². The number of carbonyl (C=O) groups is 1. The molecule has 1 fully saturated rings. The van der Waals surface area contributed by atoms with Gasteiger partial charge < -0.3 is 9.14 Å². The number of hydrogen-bond donors (Lipinski definition) is 0. The number of rotatable bonds is 5. The largest absolute Gasteiger partial charge is 0.466 e. The van der Waals surface area contributed by atoms with Crippen molar-refractivity contribution in [1.29, 1.82) is 0 Å². The summed E-state index contributed by atoms with van der Waals surface area (Å²) < 4.78 is 6.90. The Bertz CT molecular complexity index is 634. The molecule has 1 aliphatic carbocycles. The fraction of sp³-hybridized carbons (Fsp3) is 0.467. The number of hydrogen-bond acceptors (Lipinski definition) is 3. The fourth-order valence-electron chi connectivity index (χ4n) is 2.31. The van der Waals surface area contributed by atoms with E-state index in [2.05, 4.69) is 17.2 Å². The van der Waals surface area contributed by atoms with Gasteiger partial charge in [0.1, 0.15) is 5.65 Å². The number of esters is 1. The first-order valence-corrected chi connectivity index (χ1v) is 7.39. The van der Waals surface area contributed by atoms with E-state index in [1.54, 1.807) is 6.92 Å². The Labute approximate surface area is 122 Å². The fourth-order valence-corrected chi connectivity index (χ4v) is 2.54. The molecule has 1 unspecified atom stereocenters. The van der Waals surface area contributed by atoms with E-state index in [0.29, 0.717) is 18.2 Å². The van der Waals surface area contributed by atoms with Crippen molar-refractivity contribution < 1.29 is 9.53 Å². The molecular formula is C15H17ClN2O2. The Hall–Kier alpha value is -1.55. The third-order valence-corrected chi connectivity index (χ3v) is 3.89. The lowest BCUT2D eigenvalue weighted by atomic mass is 10.2. The van der Waals surface area contributed by atoms with Gasteiger partial charge in [0, 0.05) is 12.4 Å². The average Bonchev–Trinajstić information content (AvgIpc) is 3.17. The van der Waals surface area contributed by atoms with Crippen LogP contribution in [0.1, 0.15) is 48.7 Å². The first kappa shape index (κ1) is 13.4. The van der Waals surface area contributed by atoms with Crippen molar-refractivity contribution >= 4 is 23.2 Å². The van der Waals surface area contributed by atoms with Crippen LogP contribution in [-0.4, -0.2) is 22.0 Å². The lowest BCUT2D eigenvalue weighted by Crippen LogP contribution is -2.07. The second-order valence-electron chi connectivity index (χ2n) is 5.14. The highest BCUT2D eigenvalue weighted by Gasteiger charge is 2.24. The Kier molecular flexibility index (Phi) is 3.66. The molecule has 3 rings (SSSR count). The summed E-state index contributed by atoms with van der Waals surface area (Å²) in [7, 11) is 0. The molecule has 20 heavy (non-hydrogen) atoms. The zero-order valence-corrected chi connectivity index (χ0v) is 12.1. The number of aromatic nitrogens is 2. The molecule has 4 nitrogen and oxygen atoms in total. The van der Waals surface area contributed by atoms with Crippen LogP contribution in [0.2, 0.25) is 0 Å². The third kappa shape index (κ3) is 2.80. The maximum Gasteiger partial charge on any atom is 0.307 e. The quantitative estimate of drug-likeness (QED) is 0.626. The molecule has 0 spiro atoms. The second kappa shape index (κ2) is 5.44. The highest BCUT2D eigenvalue weighted by Crippen LogP contribution is 2.40. The van der Waals surface area contributed by atoms with E-state index in [1.807, 2.05) is 16.7 Å². The topological polar surface area (TPSA) is 43.6 Å². The van der Waals surface area contributed by atoms with E-state index in [4.69, 9.17) is 16.3 Å². The maximum absolute atomic E-state index is 11.5. The predicted molar refractivity (Wildman–Crippen MR) is 77.0 cm³/mol. The number of fused-ring (bicyclic) bond motifs is 1. The number of imidazole rings is 1. The zero-order valence-electron chi connectivity index (χ0n) is 11.4. The van der Waals surface area contributed by atoms with Gasteiger partial charge in [-0.25, -0.2) is 4.98 Å². The number of halogens is 1. The molecule has 5 heteroatoms. The van der Waals surface area contributed by atoms with Crippen LogP contribution in [0.15, 0.2) is 24.5 Å². The summed E-state index contributed by atoms with van der Waals surface area (Å²) in [6, 6.07) is 4.13. The van der Waals surface area contributed by atoms with Crippen LogP contribution in [0.3, 0.4) is 0 Å². The minimum Gasteiger partial charge on any atom is -0.466 e. The SMILES string of the molecule is CCOC(=O)CC(Cl)c1cn2cc(C3CC3)ccc2n1. The molecule has 0 aromatic carbocycles. The summed E-state index contributed by atoms with van der Waals surface area (Å²) in [5, 5.41) is -0.446. The van der Waals surface area contributed by atoms with Crippen molar-refractivity contribution in [3.8, 4) is 0 Å². The van der Waals surface area contributed by atoms with E-state index in [1.165, 1.54) is 18.4 Å². The van der Waals surface area contributed by atoms with Crippen LogP contribution < -0.4 is 0 Å². The lowest BCUT2D eigenvalue weighted by molar-refractivity contribution is -0.143. The Morgan fingerprint density at radius 2 is 2.30 bits per heavy atom. The van der Waals surface area contributed by atoms with Crippen molar-refractivity contribution in [2.45, 2.75) is 37.5 Å². The number of nitrogens with zero attached hydrogens (tertiary/aromatic N) is 2. The smallest absolute Gasteiger partial charge is 0.307 e. The van der Waals surface area contributed by atoms with E-state index in [-0.39, 0.29) is 12.4 Å². The number of alkyl halides is 1. The van der Waals surface area contributed by atoms with Crippen molar-refractivity contribution in [1.82, 2.24) is 9.38 Å². The Morgan fingerprint density at radius 3 is 3.00 bits per heavy atom. The van der Waals surface area contributed by atoms with Crippen molar-refractivity contribution in [3.05, 3.63) is 35.8 Å². The molecule has 0 bridgehead atoms. The Morgan fingerprint density at radius 1 is 1.50 bits per heavy atom. The van der Waals surface area contributed by atoms with Gasteiger partial charge in [0.2, 0.25) is 0 Å².